The van der Waals surface area contributed by atoms with Crippen LogP contribution in [0.3, 0.4) is 0 Å². The van der Waals surface area contributed by atoms with Crippen molar-refractivity contribution < 1.29 is 9.90 Å². The zero-order valence-corrected chi connectivity index (χ0v) is 11.0. The highest BCUT2D eigenvalue weighted by Gasteiger charge is 2.45. The molecule has 1 saturated carbocycles. The monoisotopic (exact) mass is 240 g/mol. The van der Waals surface area contributed by atoms with Gasteiger partial charge in [-0.25, -0.2) is 0 Å². The molecule has 1 N–H and O–H groups in total. The fourth-order valence-electron chi connectivity index (χ4n) is 3.14. The van der Waals surface area contributed by atoms with Gasteiger partial charge >= 0.3 is 5.97 Å². The molecule has 0 radical (unpaired) electrons. The number of carboxylic acids is 1. The molecule has 0 aromatic rings. The van der Waals surface area contributed by atoms with Crippen LogP contribution < -0.4 is 0 Å². The molecule has 0 spiro atoms. The van der Waals surface area contributed by atoms with Crippen molar-refractivity contribution >= 4 is 5.97 Å². The minimum absolute atomic E-state index is 0.102. The second-order valence-corrected chi connectivity index (χ2v) is 6.18. The highest BCUT2D eigenvalue weighted by Crippen LogP contribution is 2.49. The smallest absolute Gasteiger partial charge is 0.303 e. The van der Waals surface area contributed by atoms with Gasteiger partial charge in [-0.05, 0) is 51.2 Å². The molecular weight excluding hydrogens is 216 g/mol. The maximum absolute atomic E-state index is 10.8. The van der Waals surface area contributed by atoms with Crippen molar-refractivity contribution in [1.29, 1.82) is 0 Å². The highest BCUT2D eigenvalue weighted by molar-refractivity contribution is 5.68. The number of likely N-dealkylation sites (tertiary alicyclic amines) is 1. The van der Waals surface area contributed by atoms with Crippen LogP contribution in [-0.2, 0) is 4.79 Å². The first-order chi connectivity index (χ1) is 7.99. The van der Waals surface area contributed by atoms with E-state index in [2.05, 4.69) is 23.9 Å². The summed E-state index contributed by atoms with van der Waals surface area (Å²) in [6, 6.07) is 0. The van der Waals surface area contributed by atoms with Gasteiger partial charge in [0.1, 0.15) is 0 Å². The summed E-state index contributed by atoms with van der Waals surface area (Å²) in [5.41, 5.74) is 0.102. The van der Waals surface area contributed by atoms with Crippen LogP contribution >= 0.6 is 0 Å². The van der Waals surface area contributed by atoms with Gasteiger partial charge in [0.2, 0.25) is 0 Å². The third-order valence-electron chi connectivity index (χ3n) is 4.15. The average molecular weight is 240 g/mol. The molecule has 0 aromatic heterocycles. The third-order valence-corrected chi connectivity index (χ3v) is 4.15. The molecule has 4 heteroatoms. The summed E-state index contributed by atoms with van der Waals surface area (Å²) in [5.74, 6) is 0.127. The van der Waals surface area contributed by atoms with E-state index in [9.17, 15) is 4.79 Å². The third kappa shape index (κ3) is 3.68. The molecule has 98 valence electrons. The van der Waals surface area contributed by atoms with Crippen LogP contribution in [0.1, 0.15) is 25.7 Å². The van der Waals surface area contributed by atoms with Gasteiger partial charge in [-0.3, -0.25) is 4.79 Å². The van der Waals surface area contributed by atoms with Crippen molar-refractivity contribution in [3.8, 4) is 0 Å². The van der Waals surface area contributed by atoms with Crippen molar-refractivity contribution in [2.24, 2.45) is 11.3 Å². The van der Waals surface area contributed by atoms with Gasteiger partial charge in [0.25, 0.3) is 0 Å². The van der Waals surface area contributed by atoms with Gasteiger partial charge in [-0.1, -0.05) is 0 Å². The molecule has 2 aliphatic rings. The summed E-state index contributed by atoms with van der Waals surface area (Å²) >= 11 is 0. The number of hydrogen-bond acceptors (Lipinski definition) is 3. The van der Waals surface area contributed by atoms with E-state index in [0.29, 0.717) is 6.42 Å². The number of carboxylic acid groups (broad SMARTS) is 1. The molecule has 1 aliphatic carbocycles. The van der Waals surface area contributed by atoms with Crippen LogP contribution in [0, 0.1) is 11.3 Å². The van der Waals surface area contributed by atoms with Crippen molar-refractivity contribution in [3.05, 3.63) is 0 Å². The van der Waals surface area contributed by atoms with Crippen LogP contribution in [0.2, 0.25) is 0 Å². The Morgan fingerprint density at radius 2 is 2.24 bits per heavy atom. The number of hydrogen-bond donors (Lipinski definition) is 1. The first kappa shape index (κ1) is 12.8. The minimum Gasteiger partial charge on any atom is -0.481 e. The summed E-state index contributed by atoms with van der Waals surface area (Å²) in [7, 11) is 4.31. The Balaban J connectivity index is 1.73. The van der Waals surface area contributed by atoms with E-state index in [-0.39, 0.29) is 5.41 Å². The van der Waals surface area contributed by atoms with Gasteiger partial charge in [0.15, 0.2) is 0 Å². The predicted molar refractivity (Wildman–Crippen MR) is 67.0 cm³/mol. The lowest BCUT2D eigenvalue weighted by Gasteiger charge is -2.25. The molecule has 4 nitrogen and oxygen atoms in total. The van der Waals surface area contributed by atoms with E-state index < -0.39 is 5.97 Å². The maximum Gasteiger partial charge on any atom is 0.303 e. The van der Waals surface area contributed by atoms with E-state index in [1.54, 1.807) is 0 Å². The molecule has 0 bridgehead atoms. The fourth-order valence-corrected chi connectivity index (χ4v) is 3.14. The standard InChI is InChI=1S/C13H24N2O2/c1-14-6-3-11(8-14)9-15(2)10-13(4-5-13)7-12(16)17/h11H,3-10H2,1-2H3,(H,16,17). The fraction of sp³-hybridized carbons (Fsp3) is 0.923. The Morgan fingerprint density at radius 3 is 2.71 bits per heavy atom. The number of carbonyl (C=O) groups is 1. The molecule has 2 rings (SSSR count). The lowest BCUT2D eigenvalue weighted by molar-refractivity contribution is -0.138. The molecule has 0 aromatic carbocycles. The lowest BCUT2D eigenvalue weighted by Crippen LogP contribution is -2.33. The number of rotatable bonds is 6. The number of nitrogens with zero attached hydrogens (tertiary/aromatic N) is 2. The summed E-state index contributed by atoms with van der Waals surface area (Å²) in [6.45, 7) is 4.47. The van der Waals surface area contributed by atoms with E-state index in [4.69, 9.17) is 5.11 Å². The molecule has 17 heavy (non-hydrogen) atoms. The molecule has 2 fully saturated rings. The van der Waals surface area contributed by atoms with Crippen LogP contribution in [0.5, 0.6) is 0 Å². The van der Waals surface area contributed by atoms with E-state index in [0.717, 1.165) is 31.8 Å². The van der Waals surface area contributed by atoms with E-state index >= 15 is 0 Å². The zero-order chi connectivity index (χ0) is 12.5. The quantitative estimate of drug-likeness (QED) is 0.756. The van der Waals surface area contributed by atoms with Crippen LogP contribution in [0.15, 0.2) is 0 Å². The van der Waals surface area contributed by atoms with Gasteiger partial charge in [0, 0.05) is 19.6 Å². The van der Waals surface area contributed by atoms with Gasteiger partial charge in [0.05, 0.1) is 6.42 Å². The molecule has 1 saturated heterocycles. The Bertz CT molecular complexity index is 289. The highest BCUT2D eigenvalue weighted by atomic mass is 16.4. The van der Waals surface area contributed by atoms with Crippen molar-refractivity contribution in [2.75, 3.05) is 40.3 Å². The molecule has 1 unspecified atom stereocenters. The Kier molecular flexibility index (Phi) is 3.73. The first-order valence-electron chi connectivity index (χ1n) is 6.58. The Hall–Kier alpha value is -0.610. The second-order valence-electron chi connectivity index (χ2n) is 6.18. The molecule has 1 atom stereocenters. The Morgan fingerprint density at radius 1 is 1.53 bits per heavy atom. The maximum atomic E-state index is 10.8. The Labute approximate surface area is 104 Å². The predicted octanol–water partition coefficient (Wildman–Crippen LogP) is 1.12. The first-order valence-corrected chi connectivity index (χ1v) is 6.58. The summed E-state index contributed by atoms with van der Waals surface area (Å²) in [4.78, 5) is 15.5. The van der Waals surface area contributed by atoms with Crippen LogP contribution in [0.25, 0.3) is 0 Å². The van der Waals surface area contributed by atoms with Crippen LogP contribution in [0.4, 0.5) is 0 Å². The van der Waals surface area contributed by atoms with Gasteiger partial charge < -0.3 is 14.9 Å². The molecule has 1 aliphatic heterocycles. The summed E-state index contributed by atoms with van der Waals surface area (Å²) in [5, 5.41) is 8.90. The van der Waals surface area contributed by atoms with Crippen LogP contribution in [-0.4, -0.2) is 61.2 Å². The van der Waals surface area contributed by atoms with Gasteiger partial charge in [-0.2, -0.15) is 0 Å². The SMILES string of the molecule is CN1CCC(CN(C)CC2(CC(=O)O)CC2)C1. The summed E-state index contributed by atoms with van der Waals surface area (Å²) in [6.07, 6.45) is 3.82. The van der Waals surface area contributed by atoms with Crippen molar-refractivity contribution in [1.82, 2.24) is 9.80 Å². The average Bonchev–Trinajstić information content (AvgIpc) is 2.80. The van der Waals surface area contributed by atoms with Crippen molar-refractivity contribution in [3.63, 3.8) is 0 Å². The van der Waals surface area contributed by atoms with Gasteiger partial charge in [-0.15, -0.1) is 0 Å². The molecular formula is C13H24N2O2. The lowest BCUT2D eigenvalue weighted by atomic mass is 10.0. The largest absolute Gasteiger partial charge is 0.481 e. The summed E-state index contributed by atoms with van der Waals surface area (Å²) < 4.78 is 0. The topological polar surface area (TPSA) is 43.8 Å². The van der Waals surface area contributed by atoms with Crippen molar-refractivity contribution in [2.45, 2.75) is 25.7 Å². The number of aliphatic carboxylic acids is 1. The molecule has 1 heterocycles. The second kappa shape index (κ2) is 4.94. The molecule has 0 amide bonds. The van der Waals surface area contributed by atoms with E-state index in [1.807, 2.05) is 0 Å². The minimum atomic E-state index is -0.642. The normalized spacial score (nSPS) is 27.6. The zero-order valence-electron chi connectivity index (χ0n) is 11.0. The van der Waals surface area contributed by atoms with E-state index in [1.165, 1.54) is 19.5 Å².